The molecule has 0 amide bonds. The molecular weight excluding hydrogens is 516 g/mol. The van der Waals surface area contributed by atoms with E-state index < -0.39 is 74.6 Å². The molecule has 2 saturated heterocycles. The van der Waals surface area contributed by atoms with E-state index in [-0.39, 0.29) is 45.3 Å². The summed E-state index contributed by atoms with van der Waals surface area (Å²) in [5.74, 6) is 0. The van der Waals surface area contributed by atoms with Crippen LogP contribution in [0.15, 0.2) is 0 Å². The maximum Gasteiger partial charge on any atom is 0.293 e. The quantitative estimate of drug-likeness (QED) is 0.129. The van der Waals surface area contributed by atoms with Crippen molar-refractivity contribution in [3.05, 3.63) is 0 Å². The average molecular weight is 538 g/mol. The monoisotopic (exact) mass is 538 g/mol. The number of carbonyl (C=O) groups is 7. The summed E-state index contributed by atoms with van der Waals surface area (Å²) in [5, 5.41) is 10.2. The molecule has 2 heterocycles. The van der Waals surface area contributed by atoms with Crippen LogP contribution >= 0.6 is 0 Å². The lowest BCUT2D eigenvalue weighted by Crippen LogP contribution is -2.66. The molecule has 2 aliphatic heterocycles. The lowest BCUT2D eigenvalue weighted by molar-refractivity contribution is -0.354. The molecule has 0 saturated carbocycles. The van der Waals surface area contributed by atoms with Crippen molar-refractivity contribution in [2.24, 2.45) is 0 Å². The summed E-state index contributed by atoms with van der Waals surface area (Å²) >= 11 is 0. The first-order valence-electron chi connectivity index (χ1n) is 10.2. The molecule has 206 valence electrons. The van der Waals surface area contributed by atoms with Crippen LogP contribution in [0.25, 0.3) is 0 Å². The number of aliphatic hydroxyl groups excluding tert-OH is 1. The standard InChI is InChI=1S/C19H22O18/c20-3-28-1-10-12(30-5-22)14(31-6-23)17(34-9-26)19(36-10)37-13-11(2-29-4-21)35-18(27)16(33-8-25)15(13)32-7-24/h3-19,27H,1-2H2/t10-,11-,12+,13-,14+,15+,16-,17-,18?,19+/m1/s1. The van der Waals surface area contributed by atoms with Gasteiger partial charge in [0.25, 0.3) is 45.3 Å². The Labute approximate surface area is 206 Å². The Morgan fingerprint density at radius 2 is 0.946 bits per heavy atom. The molecule has 2 rings (SSSR count). The lowest BCUT2D eigenvalue weighted by atomic mass is 9.96. The largest absolute Gasteiger partial charge is 0.465 e. The second-order valence-electron chi connectivity index (χ2n) is 7.05. The van der Waals surface area contributed by atoms with E-state index in [0.29, 0.717) is 0 Å². The highest BCUT2D eigenvalue weighted by molar-refractivity contribution is 5.42. The van der Waals surface area contributed by atoms with Crippen molar-refractivity contribution >= 4 is 45.3 Å². The van der Waals surface area contributed by atoms with E-state index in [1.54, 1.807) is 0 Å². The summed E-state index contributed by atoms with van der Waals surface area (Å²) in [6.45, 7) is -1.38. The molecule has 1 unspecified atom stereocenters. The predicted octanol–water partition coefficient (Wildman–Crippen LogP) is -4.13. The van der Waals surface area contributed by atoms with Crippen molar-refractivity contribution in [3.8, 4) is 0 Å². The fourth-order valence-electron chi connectivity index (χ4n) is 3.82. The smallest absolute Gasteiger partial charge is 0.293 e. The minimum atomic E-state index is -1.88. The van der Waals surface area contributed by atoms with Gasteiger partial charge in [0, 0.05) is 0 Å². The third-order valence-electron chi connectivity index (χ3n) is 5.21. The van der Waals surface area contributed by atoms with Gasteiger partial charge in [-0.25, -0.2) is 0 Å². The Kier molecular flexibility index (Phi) is 12.1. The van der Waals surface area contributed by atoms with Crippen LogP contribution in [-0.4, -0.2) is 125 Å². The van der Waals surface area contributed by atoms with Gasteiger partial charge >= 0.3 is 0 Å². The van der Waals surface area contributed by atoms with E-state index in [1.165, 1.54) is 0 Å². The first kappa shape index (κ1) is 29.4. The minimum absolute atomic E-state index is 0.0271. The first-order chi connectivity index (χ1) is 18.0. The SMILES string of the molecule is O=COC[C@H]1O[C@@H](O[C@H]2[C@H](OC=O)[C@@H](OC=O)C(O)O[C@@H]2COC=O)[C@H](OC=O)[C@@H](OC=O)[C@H]1OC=O. The Morgan fingerprint density at radius 3 is 1.46 bits per heavy atom. The summed E-state index contributed by atoms with van der Waals surface area (Å²) < 4.78 is 50.5. The third kappa shape index (κ3) is 7.32. The number of aliphatic hydroxyl groups is 1. The minimum Gasteiger partial charge on any atom is -0.465 e. The number of hydrogen-bond donors (Lipinski definition) is 1. The molecule has 0 radical (unpaired) electrons. The molecule has 10 atom stereocenters. The lowest BCUT2D eigenvalue weighted by Gasteiger charge is -2.47. The van der Waals surface area contributed by atoms with Gasteiger partial charge in [-0.1, -0.05) is 0 Å². The summed E-state index contributed by atoms with van der Waals surface area (Å²) in [7, 11) is 0. The van der Waals surface area contributed by atoms with Crippen LogP contribution in [0.5, 0.6) is 0 Å². The van der Waals surface area contributed by atoms with Crippen LogP contribution in [0.2, 0.25) is 0 Å². The van der Waals surface area contributed by atoms with Gasteiger partial charge in [0.2, 0.25) is 0 Å². The van der Waals surface area contributed by atoms with Crippen LogP contribution < -0.4 is 0 Å². The summed E-state index contributed by atoms with van der Waals surface area (Å²) in [6.07, 6.45) is -16.0. The fraction of sp³-hybridized carbons (Fsp3) is 0.632. The van der Waals surface area contributed by atoms with E-state index in [1.807, 2.05) is 0 Å². The summed E-state index contributed by atoms with van der Waals surface area (Å²) in [4.78, 5) is 77.0. The maximum atomic E-state index is 11.2. The number of hydrogen-bond acceptors (Lipinski definition) is 18. The Bertz CT molecular complexity index is 776. The van der Waals surface area contributed by atoms with E-state index in [4.69, 9.17) is 37.9 Å². The van der Waals surface area contributed by atoms with E-state index in [2.05, 4.69) is 9.47 Å². The molecular formula is C19H22O18. The van der Waals surface area contributed by atoms with Crippen molar-refractivity contribution < 1.29 is 86.0 Å². The molecule has 0 aromatic carbocycles. The second kappa shape index (κ2) is 15.3. The van der Waals surface area contributed by atoms with Gasteiger partial charge in [0.05, 0.1) is 0 Å². The Morgan fingerprint density at radius 1 is 0.514 bits per heavy atom. The highest BCUT2D eigenvalue weighted by Crippen LogP contribution is 2.33. The van der Waals surface area contributed by atoms with Crippen LogP contribution in [0.1, 0.15) is 0 Å². The summed E-state index contributed by atoms with van der Waals surface area (Å²) in [5.41, 5.74) is 0. The van der Waals surface area contributed by atoms with E-state index in [9.17, 15) is 38.7 Å². The van der Waals surface area contributed by atoms with Gasteiger partial charge in [-0.2, -0.15) is 0 Å². The van der Waals surface area contributed by atoms with E-state index in [0.717, 1.165) is 0 Å². The highest BCUT2D eigenvalue weighted by atomic mass is 16.8. The Hall–Kier alpha value is -3.87. The van der Waals surface area contributed by atoms with Gasteiger partial charge in [0.1, 0.15) is 31.5 Å². The van der Waals surface area contributed by atoms with E-state index >= 15 is 0 Å². The Balaban J connectivity index is 2.48. The molecule has 0 aromatic heterocycles. The third-order valence-corrected chi connectivity index (χ3v) is 5.21. The molecule has 2 fully saturated rings. The molecule has 0 aliphatic carbocycles. The van der Waals surface area contributed by atoms with Gasteiger partial charge in [0.15, 0.2) is 43.1 Å². The van der Waals surface area contributed by atoms with Crippen molar-refractivity contribution in [1.29, 1.82) is 0 Å². The molecule has 2 aliphatic rings. The van der Waals surface area contributed by atoms with Crippen LogP contribution in [-0.2, 0) is 80.9 Å². The van der Waals surface area contributed by atoms with Crippen molar-refractivity contribution in [1.82, 2.24) is 0 Å². The van der Waals surface area contributed by atoms with Gasteiger partial charge in [-0.15, -0.1) is 0 Å². The van der Waals surface area contributed by atoms with Crippen molar-refractivity contribution in [3.63, 3.8) is 0 Å². The van der Waals surface area contributed by atoms with Crippen molar-refractivity contribution in [2.45, 2.75) is 61.4 Å². The predicted molar refractivity (Wildman–Crippen MR) is 103 cm³/mol. The fourth-order valence-corrected chi connectivity index (χ4v) is 3.82. The van der Waals surface area contributed by atoms with Gasteiger partial charge in [-0.3, -0.25) is 33.6 Å². The highest BCUT2D eigenvalue weighted by Gasteiger charge is 2.56. The number of ether oxygens (including phenoxy) is 10. The zero-order valence-corrected chi connectivity index (χ0v) is 18.6. The number of rotatable bonds is 18. The van der Waals surface area contributed by atoms with Crippen LogP contribution in [0.4, 0.5) is 0 Å². The molecule has 18 nitrogen and oxygen atoms in total. The van der Waals surface area contributed by atoms with Crippen LogP contribution in [0.3, 0.4) is 0 Å². The molecule has 0 aromatic rings. The number of carbonyl (C=O) groups excluding carboxylic acids is 7. The van der Waals surface area contributed by atoms with Crippen molar-refractivity contribution in [2.75, 3.05) is 13.2 Å². The maximum absolute atomic E-state index is 11.2. The van der Waals surface area contributed by atoms with Gasteiger partial charge < -0.3 is 52.5 Å². The normalized spacial score (nSPS) is 34.9. The zero-order chi connectivity index (χ0) is 27.2. The molecule has 18 heteroatoms. The topological polar surface area (TPSA) is 232 Å². The molecule has 37 heavy (non-hydrogen) atoms. The first-order valence-corrected chi connectivity index (χ1v) is 10.2. The zero-order valence-electron chi connectivity index (χ0n) is 18.6. The summed E-state index contributed by atoms with van der Waals surface area (Å²) in [6, 6.07) is 0. The second-order valence-corrected chi connectivity index (χ2v) is 7.05. The average Bonchev–Trinajstić information content (AvgIpc) is 2.88. The molecule has 0 bridgehead atoms. The molecule has 0 spiro atoms. The molecule has 1 N–H and O–H groups in total. The van der Waals surface area contributed by atoms with Crippen LogP contribution in [0, 0.1) is 0 Å². The van der Waals surface area contributed by atoms with Gasteiger partial charge in [-0.05, 0) is 0 Å².